The summed E-state index contributed by atoms with van der Waals surface area (Å²) in [4.78, 5) is 13.7. The molecule has 0 aromatic heterocycles. The predicted octanol–water partition coefficient (Wildman–Crippen LogP) is 2.13. The van der Waals surface area contributed by atoms with E-state index in [2.05, 4.69) is 22.5 Å². The van der Waals surface area contributed by atoms with Crippen LogP contribution in [-0.2, 0) is 10.0 Å². The van der Waals surface area contributed by atoms with Gasteiger partial charge in [-0.1, -0.05) is 22.0 Å². The topological polar surface area (TPSA) is 80.5 Å². The molecular formula is C13H17BrN2O3S. The van der Waals surface area contributed by atoms with Gasteiger partial charge in [-0.2, -0.15) is 0 Å². The molecule has 0 heterocycles. The molecule has 0 saturated carbocycles. The number of amides is 1. The highest BCUT2D eigenvalue weighted by atomic mass is 79.9. The van der Waals surface area contributed by atoms with Gasteiger partial charge in [-0.05, 0) is 31.0 Å². The predicted molar refractivity (Wildman–Crippen MR) is 81.9 cm³/mol. The summed E-state index contributed by atoms with van der Waals surface area (Å²) in [6.45, 7) is 4.19. The largest absolute Gasteiger partial charge is 0.342 e. The number of allylic oxidation sites excluding steroid dienone is 1. The van der Waals surface area contributed by atoms with E-state index in [9.17, 15) is 13.2 Å². The number of nitrogens with two attached hydrogens (primary N) is 1. The van der Waals surface area contributed by atoms with Crippen molar-refractivity contribution in [3.05, 3.63) is 40.9 Å². The van der Waals surface area contributed by atoms with Gasteiger partial charge in [-0.15, -0.1) is 6.58 Å². The van der Waals surface area contributed by atoms with Crippen molar-refractivity contribution in [1.82, 2.24) is 4.90 Å². The van der Waals surface area contributed by atoms with Crippen molar-refractivity contribution in [1.29, 1.82) is 0 Å². The lowest BCUT2D eigenvalue weighted by Gasteiger charge is -2.17. The number of nitrogens with zero attached hydrogens (tertiary/aromatic N) is 1. The zero-order valence-corrected chi connectivity index (χ0v) is 13.6. The van der Waals surface area contributed by atoms with Crippen molar-refractivity contribution >= 4 is 31.9 Å². The molecule has 110 valence electrons. The molecule has 5 nitrogen and oxygen atoms in total. The summed E-state index contributed by atoms with van der Waals surface area (Å²) in [5.74, 6) is -0.250. The first-order chi connectivity index (χ1) is 9.25. The second-order valence-corrected chi connectivity index (χ2v) is 6.86. The van der Waals surface area contributed by atoms with E-state index in [1.165, 1.54) is 17.0 Å². The van der Waals surface area contributed by atoms with Crippen molar-refractivity contribution in [3.63, 3.8) is 0 Å². The average Bonchev–Trinajstić information content (AvgIpc) is 2.36. The van der Waals surface area contributed by atoms with Gasteiger partial charge < -0.3 is 4.90 Å². The summed E-state index contributed by atoms with van der Waals surface area (Å²) in [5, 5.41) is 5.08. The fourth-order valence-corrected chi connectivity index (χ4v) is 2.87. The minimum absolute atomic E-state index is 0.0882. The number of carbonyl (C=O) groups excluding carboxylic acids is 1. The summed E-state index contributed by atoms with van der Waals surface area (Å²) in [6, 6.07) is 4.22. The molecule has 0 aliphatic rings. The van der Waals surface area contributed by atoms with Crippen molar-refractivity contribution in [3.8, 4) is 0 Å². The van der Waals surface area contributed by atoms with Gasteiger partial charge in [0.1, 0.15) is 0 Å². The first-order valence-electron chi connectivity index (χ1n) is 5.95. The van der Waals surface area contributed by atoms with E-state index in [0.29, 0.717) is 11.0 Å². The quantitative estimate of drug-likeness (QED) is 0.623. The van der Waals surface area contributed by atoms with E-state index in [0.717, 1.165) is 12.8 Å². The number of primary sulfonamides is 1. The molecule has 0 unspecified atom stereocenters. The maximum atomic E-state index is 12.2. The molecule has 7 heteroatoms. The summed E-state index contributed by atoms with van der Waals surface area (Å²) in [7, 11) is -2.17. The monoisotopic (exact) mass is 360 g/mol. The molecule has 0 aliphatic carbocycles. The molecule has 0 saturated heterocycles. The second-order valence-electron chi connectivity index (χ2n) is 4.38. The Labute approximate surface area is 127 Å². The molecule has 1 amide bonds. The fraction of sp³-hybridized carbons (Fsp3) is 0.308. The highest BCUT2D eigenvalue weighted by Crippen LogP contribution is 2.19. The van der Waals surface area contributed by atoms with Crippen molar-refractivity contribution in [2.24, 2.45) is 5.14 Å². The van der Waals surface area contributed by atoms with E-state index >= 15 is 0 Å². The molecule has 0 aliphatic heterocycles. The molecular weight excluding hydrogens is 344 g/mol. The van der Waals surface area contributed by atoms with Gasteiger partial charge in [0.15, 0.2) is 0 Å². The van der Waals surface area contributed by atoms with Crippen LogP contribution in [0.2, 0.25) is 0 Å². The molecule has 0 fully saturated rings. The van der Waals surface area contributed by atoms with Crippen LogP contribution in [0.5, 0.6) is 0 Å². The Balaban J connectivity index is 2.98. The van der Waals surface area contributed by atoms with Gasteiger partial charge in [0.25, 0.3) is 5.91 Å². The fourth-order valence-electron chi connectivity index (χ4n) is 1.65. The van der Waals surface area contributed by atoms with Crippen LogP contribution in [-0.4, -0.2) is 32.8 Å². The van der Waals surface area contributed by atoms with E-state index in [-0.39, 0.29) is 16.4 Å². The van der Waals surface area contributed by atoms with Crippen LogP contribution in [0.15, 0.2) is 40.2 Å². The zero-order valence-electron chi connectivity index (χ0n) is 11.2. The SMILES string of the molecule is C=CCCCN(C)C(=O)c1cc(Br)cc(S(N)(=O)=O)c1. The highest BCUT2D eigenvalue weighted by molar-refractivity contribution is 9.10. The van der Waals surface area contributed by atoms with E-state index in [1.54, 1.807) is 19.2 Å². The molecule has 20 heavy (non-hydrogen) atoms. The Bertz CT molecular complexity index is 614. The lowest BCUT2D eigenvalue weighted by atomic mass is 10.2. The third-order valence-electron chi connectivity index (χ3n) is 2.70. The van der Waals surface area contributed by atoms with Gasteiger partial charge in [-0.3, -0.25) is 4.79 Å². The van der Waals surface area contributed by atoms with Crippen molar-refractivity contribution in [2.75, 3.05) is 13.6 Å². The minimum atomic E-state index is -3.84. The van der Waals surface area contributed by atoms with Crippen LogP contribution in [0.3, 0.4) is 0 Å². The van der Waals surface area contributed by atoms with Crippen LogP contribution in [0, 0.1) is 0 Å². The van der Waals surface area contributed by atoms with Crippen LogP contribution in [0.25, 0.3) is 0 Å². The molecule has 0 spiro atoms. The van der Waals surface area contributed by atoms with Crippen molar-refractivity contribution < 1.29 is 13.2 Å². The summed E-state index contributed by atoms with van der Waals surface area (Å²) >= 11 is 3.18. The molecule has 1 aromatic rings. The average molecular weight is 361 g/mol. The maximum Gasteiger partial charge on any atom is 0.253 e. The standard InChI is InChI=1S/C13H17BrN2O3S/c1-3-4-5-6-16(2)13(17)10-7-11(14)9-12(8-10)20(15,18)19/h3,7-9H,1,4-6H2,2H3,(H2,15,18,19). The van der Waals surface area contributed by atoms with Crippen LogP contribution < -0.4 is 5.14 Å². The third-order valence-corrected chi connectivity index (χ3v) is 4.05. The van der Waals surface area contributed by atoms with Gasteiger partial charge in [0, 0.05) is 23.6 Å². The van der Waals surface area contributed by atoms with E-state index in [4.69, 9.17) is 5.14 Å². The number of unbranched alkanes of at least 4 members (excludes halogenated alkanes) is 1. The van der Waals surface area contributed by atoms with Crippen LogP contribution in [0.1, 0.15) is 23.2 Å². The maximum absolute atomic E-state index is 12.2. The molecule has 1 aromatic carbocycles. The summed E-state index contributed by atoms with van der Waals surface area (Å²) in [5.41, 5.74) is 0.282. The van der Waals surface area contributed by atoms with E-state index in [1.807, 2.05) is 0 Å². The highest BCUT2D eigenvalue weighted by Gasteiger charge is 2.16. The first-order valence-corrected chi connectivity index (χ1v) is 8.29. The first kappa shape index (κ1) is 16.9. The Kier molecular flexibility index (Phi) is 5.91. The van der Waals surface area contributed by atoms with Gasteiger partial charge in [0.05, 0.1) is 4.90 Å². The van der Waals surface area contributed by atoms with Gasteiger partial charge in [0.2, 0.25) is 10.0 Å². The number of carbonyl (C=O) groups is 1. The number of halogens is 1. The number of sulfonamides is 1. The lowest BCUT2D eigenvalue weighted by molar-refractivity contribution is 0.0793. The Morgan fingerprint density at radius 2 is 2.10 bits per heavy atom. The second kappa shape index (κ2) is 7.01. The normalized spacial score (nSPS) is 11.2. The Morgan fingerprint density at radius 3 is 2.65 bits per heavy atom. The zero-order chi connectivity index (χ0) is 15.3. The molecule has 2 N–H and O–H groups in total. The Hall–Kier alpha value is -1.18. The molecule has 1 rings (SSSR count). The van der Waals surface area contributed by atoms with Crippen molar-refractivity contribution in [2.45, 2.75) is 17.7 Å². The molecule has 0 radical (unpaired) electrons. The number of benzene rings is 1. The minimum Gasteiger partial charge on any atom is -0.342 e. The number of hydrogen-bond donors (Lipinski definition) is 1. The van der Waals surface area contributed by atoms with Gasteiger partial charge in [-0.25, -0.2) is 13.6 Å². The summed E-state index contributed by atoms with van der Waals surface area (Å²) < 4.78 is 23.2. The molecule has 0 atom stereocenters. The van der Waals surface area contributed by atoms with E-state index < -0.39 is 10.0 Å². The van der Waals surface area contributed by atoms with Gasteiger partial charge >= 0.3 is 0 Å². The lowest BCUT2D eigenvalue weighted by Crippen LogP contribution is -2.28. The smallest absolute Gasteiger partial charge is 0.253 e. The summed E-state index contributed by atoms with van der Waals surface area (Å²) in [6.07, 6.45) is 3.41. The third kappa shape index (κ3) is 4.73. The number of rotatable bonds is 6. The molecule has 0 bridgehead atoms. The number of hydrogen-bond acceptors (Lipinski definition) is 3. The van der Waals surface area contributed by atoms with Crippen LogP contribution >= 0.6 is 15.9 Å². The van der Waals surface area contributed by atoms with Crippen LogP contribution in [0.4, 0.5) is 0 Å². The Morgan fingerprint density at radius 1 is 1.45 bits per heavy atom.